The van der Waals surface area contributed by atoms with Crippen LogP contribution in [0.15, 0.2) is 46.3 Å². The van der Waals surface area contributed by atoms with Crippen LogP contribution in [0, 0.1) is 18.3 Å². The third kappa shape index (κ3) is 3.14. The topological polar surface area (TPSA) is 109 Å². The maximum Gasteiger partial charge on any atom is 0.280 e. The summed E-state index contributed by atoms with van der Waals surface area (Å²) in [5, 5.41) is 11.8. The molecule has 0 radical (unpaired) electrons. The van der Waals surface area contributed by atoms with Gasteiger partial charge in [-0.2, -0.15) is 9.94 Å². The van der Waals surface area contributed by atoms with Crippen molar-refractivity contribution in [2.24, 2.45) is 0 Å². The number of aromatic amines is 1. The van der Waals surface area contributed by atoms with E-state index in [-0.39, 0.29) is 21.3 Å². The van der Waals surface area contributed by atoms with E-state index in [0.29, 0.717) is 16.7 Å². The number of nitriles is 1. The van der Waals surface area contributed by atoms with Gasteiger partial charge in [0, 0.05) is 18.6 Å². The first-order valence-electron chi connectivity index (χ1n) is 7.40. The smallest absolute Gasteiger partial charge is 0.280 e. The SMILES string of the molecule is Cc1cc(C#N)ccc1-c1c[nH]n(-c2ncc(S(C)(=O)=O)cc2Cl)c1=O. The van der Waals surface area contributed by atoms with Gasteiger partial charge in [0.2, 0.25) is 0 Å². The van der Waals surface area contributed by atoms with Gasteiger partial charge in [-0.05, 0) is 36.2 Å². The van der Waals surface area contributed by atoms with Crippen molar-refractivity contribution in [3.05, 3.63) is 63.2 Å². The zero-order valence-corrected chi connectivity index (χ0v) is 15.4. The standard InChI is InChI=1S/C17H13ClN4O3S/c1-10-5-11(7-19)3-4-13(10)14-9-21-22(17(14)23)16-15(18)6-12(8-20-16)26(2,24)25/h3-6,8-9,21H,1-2H3. The van der Waals surface area contributed by atoms with E-state index in [1.807, 2.05) is 6.07 Å². The number of rotatable bonds is 3. The Labute approximate surface area is 154 Å². The molecule has 9 heteroatoms. The molecule has 1 aromatic carbocycles. The van der Waals surface area contributed by atoms with Crippen LogP contribution < -0.4 is 5.56 Å². The van der Waals surface area contributed by atoms with Crippen LogP contribution in [0.2, 0.25) is 5.02 Å². The molecule has 132 valence electrons. The molecule has 0 saturated carbocycles. The van der Waals surface area contributed by atoms with Gasteiger partial charge in [0.1, 0.15) is 0 Å². The van der Waals surface area contributed by atoms with Gasteiger partial charge in [0.15, 0.2) is 15.7 Å². The van der Waals surface area contributed by atoms with E-state index < -0.39 is 9.84 Å². The lowest BCUT2D eigenvalue weighted by Gasteiger charge is -2.05. The van der Waals surface area contributed by atoms with Crippen LogP contribution in [0.4, 0.5) is 0 Å². The van der Waals surface area contributed by atoms with Gasteiger partial charge in [-0.15, -0.1) is 0 Å². The highest BCUT2D eigenvalue weighted by atomic mass is 35.5. The van der Waals surface area contributed by atoms with Crippen LogP contribution in [0.25, 0.3) is 16.9 Å². The quantitative estimate of drug-likeness (QED) is 0.741. The Hall–Kier alpha value is -2.89. The first kappa shape index (κ1) is 17.9. The zero-order chi connectivity index (χ0) is 19.1. The highest BCUT2D eigenvalue weighted by Gasteiger charge is 2.17. The maximum atomic E-state index is 12.8. The summed E-state index contributed by atoms with van der Waals surface area (Å²) in [7, 11) is -3.46. The molecule has 0 bridgehead atoms. The summed E-state index contributed by atoms with van der Waals surface area (Å²) in [5.41, 5.74) is 1.95. The average Bonchev–Trinajstić information content (AvgIpc) is 2.95. The molecule has 0 fully saturated rings. The number of benzene rings is 1. The van der Waals surface area contributed by atoms with Crippen molar-refractivity contribution in [2.45, 2.75) is 11.8 Å². The minimum absolute atomic E-state index is 0.0278. The molecule has 0 atom stereocenters. The molecule has 0 amide bonds. The lowest BCUT2D eigenvalue weighted by atomic mass is 10.0. The minimum Gasteiger partial charge on any atom is -0.296 e. The van der Waals surface area contributed by atoms with Crippen molar-refractivity contribution in [2.75, 3.05) is 6.26 Å². The van der Waals surface area contributed by atoms with E-state index in [1.54, 1.807) is 25.1 Å². The van der Waals surface area contributed by atoms with E-state index in [9.17, 15) is 13.2 Å². The molecule has 2 aromatic heterocycles. The van der Waals surface area contributed by atoms with E-state index in [0.717, 1.165) is 22.7 Å². The lowest BCUT2D eigenvalue weighted by molar-refractivity contribution is 0.601. The Morgan fingerprint density at radius 3 is 2.58 bits per heavy atom. The van der Waals surface area contributed by atoms with Crippen LogP contribution in [-0.2, 0) is 9.84 Å². The molecule has 0 spiro atoms. The minimum atomic E-state index is -3.46. The van der Waals surface area contributed by atoms with E-state index >= 15 is 0 Å². The number of aryl methyl sites for hydroxylation is 1. The predicted octanol–water partition coefficient (Wildman–Crippen LogP) is 2.46. The van der Waals surface area contributed by atoms with Crippen molar-refractivity contribution < 1.29 is 8.42 Å². The van der Waals surface area contributed by atoms with Gasteiger partial charge < -0.3 is 0 Å². The summed E-state index contributed by atoms with van der Waals surface area (Å²) in [6.07, 6.45) is 3.71. The van der Waals surface area contributed by atoms with Crippen molar-refractivity contribution in [1.82, 2.24) is 14.8 Å². The Morgan fingerprint density at radius 2 is 2.00 bits per heavy atom. The van der Waals surface area contributed by atoms with Crippen molar-refractivity contribution in [3.63, 3.8) is 0 Å². The van der Waals surface area contributed by atoms with Crippen molar-refractivity contribution in [1.29, 1.82) is 5.26 Å². The molecule has 26 heavy (non-hydrogen) atoms. The monoisotopic (exact) mass is 388 g/mol. The van der Waals surface area contributed by atoms with Crippen LogP contribution in [-0.4, -0.2) is 29.4 Å². The summed E-state index contributed by atoms with van der Waals surface area (Å²) >= 11 is 6.13. The number of H-pyrrole nitrogens is 1. The third-order valence-electron chi connectivity index (χ3n) is 3.85. The van der Waals surface area contributed by atoms with Crippen LogP contribution >= 0.6 is 11.6 Å². The third-order valence-corrected chi connectivity index (χ3v) is 5.21. The first-order chi connectivity index (χ1) is 12.2. The number of pyridine rings is 1. The molecule has 1 N–H and O–H groups in total. The summed E-state index contributed by atoms with van der Waals surface area (Å²) in [5.74, 6) is 0.0987. The van der Waals surface area contributed by atoms with Crippen LogP contribution in [0.1, 0.15) is 11.1 Å². The molecule has 0 unspecified atom stereocenters. The molecule has 3 aromatic rings. The fourth-order valence-electron chi connectivity index (χ4n) is 2.54. The molecule has 0 saturated heterocycles. The second kappa shape index (κ2) is 6.44. The highest BCUT2D eigenvalue weighted by molar-refractivity contribution is 7.90. The Kier molecular flexibility index (Phi) is 4.44. The lowest BCUT2D eigenvalue weighted by Crippen LogP contribution is -2.18. The number of aromatic nitrogens is 3. The van der Waals surface area contributed by atoms with Gasteiger partial charge in [0.25, 0.3) is 5.56 Å². The second-order valence-corrected chi connectivity index (χ2v) is 8.14. The normalized spacial score (nSPS) is 11.3. The number of hydrogen-bond donors (Lipinski definition) is 1. The van der Waals surface area contributed by atoms with Crippen molar-refractivity contribution >= 4 is 21.4 Å². The number of nitrogens with one attached hydrogen (secondary N) is 1. The first-order valence-corrected chi connectivity index (χ1v) is 9.67. The van der Waals surface area contributed by atoms with Crippen LogP contribution in [0.3, 0.4) is 0 Å². The number of nitrogens with zero attached hydrogens (tertiary/aromatic N) is 3. The molecular formula is C17H13ClN4O3S. The van der Waals surface area contributed by atoms with Gasteiger partial charge in [-0.1, -0.05) is 17.7 Å². The van der Waals surface area contributed by atoms with Gasteiger partial charge in [0.05, 0.1) is 27.1 Å². The maximum absolute atomic E-state index is 12.8. The Morgan fingerprint density at radius 1 is 1.27 bits per heavy atom. The number of sulfone groups is 1. The average molecular weight is 389 g/mol. The molecule has 0 aliphatic heterocycles. The molecule has 0 aliphatic carbocycles. The van der Waals surface area contributed by atoms with Gasteiger partial charge >= 0.3 is 0 Å². The number of hydrogen-bond acceptors (Lipinski definition) is 5. The molecule has 3 rings (SSSR count). The summed E-state index contributed by atoms with van der Waals surface area (Å²) in [6.45, 7) is 1.80. The summed E-state index contributed by atoms with van der Waals surface area (Å²) in [6, 6.07) is 8.32. The zero-order valence-electron chi connectivity index (χ0n) is 13.8. The Balaban J connectivity index is 2.11. The molecule has 0 aliphatic rings. The summed E-state index contributed by atoms with van der Waals surface area (Å²) in [4.78, 5) is 16.7. The highest BCUT2D eigenvalue weighted by Crippen LogP contribution is 2.24. The fraction of sp³-hybridized carbons (Fsp3) is 0.118. The summed E-state index contributed by atoms with van der Waals surface area (Å²) < 4.78 is 24.3. The molecule has 2 heterocycles. The second-order valence-electron chi connectivity index (χ2n) is 5.72. The van der Waals surface area contributed by atoms with E-state index in [4.69, 9.17) is 16.9 Å². The predicted molar refractivity (Wildman–Crippen MR) is 97.2 cm³/mol. The van der Waals surface area contributed by atoms with E-state index in [1.165, 1.54) is 12.3 Å². The van der Waals surface area contributed by atoms with Crippen molar-refractivity contribution in [3.8, 4) is 23.0 Å². The van der Waals surface area contributed by atoms with Gasteiger partial charge in [-0.25, -0.2) is 13.4 Å². The molecule has 7 nitrogen and oxygen atoms in total. The van der Waals surface area contributed by atoms with Gasteiger partial charge in [-0.3, -0.25) is 9.89 Å². The molecular weight excluding hydrogens is 376 g/mol. The fourth-order valence-corrected chi connectivity index (χ4v) is 3.43. The van der Waals surface area contributed by atoms with Crippen LogP contribution in [0.5, 0.6) is 0 Å². The largest absolute Gasteiger partial charge is 0.296 e. The number of halogens is 1. The van der Waals surface area contributed by atoms with E-state index in [2.05, 4.69) is 10.1 Å². The Bertz CT molecular complexity index is 1220.